The number of ketones is 1. The van der Waals surface area contributed by atoms with Crippen LogP contribution in [0.4, 0.5) is 5.69 Å². The molecule has 1 heterocycles. The van der Waals surface area contributed by atoms with Crippen molar-refractivity contribution < 1.29 is 33.3 Å². The molecule has 1 amide bonds. The van der Waals surface area contributed by atoms with Gasteiger partial charge in [-0.15, -0.1) is 0 Å². The molecule has 0 unspecified atom stereocenters. The molecule has 0 aromatic heterocycles. The third-order valence-corrected chi connectivity index (χ3v) is 3.81. The van der Waals surface area contributed by atoms with Crippen LogP contribution in [-0.2, 0) is 9.53 Å². The number of esters is 1. The van der Waals surface area contributed by atoms with Crippen LogP contribution in [0.5, 0.6) is 17.2 Å². The Bertz CT molecular complexity index is 890. The van der Waals surface area contributed by atoms with E-state index in [0.29, 0.717) is 34.1 Å². The first-order valence-electron chi connectivity index (χ1n) is 8.03. The number of rotatable bonds is 6. The van der Waals surface area contributed by atoms with Gasteiger partial charge in [0, 0.05) is 11.6 Å². The van der Waals surface area contributed by atoms with E-state index in [4.69, 9.17) is 14.2 Å². The van der Waals surface area contributed by atoms with Gasteiger partial charge < -0.3 is 24.3 Å². The summed E-state index contributed by atoms with van der Waals surface area (Å²) in [5.41, 5.74) is 1.01. The van der Waals surface area contributed by atoms with Gasteiger partial charge in [0.15, 0.2) is 23.9 Å². The van der Waals surface area contributed by atoms with Crippen LogP contribution in [-0.4, -0.2) is 38.2 Å². The van der Waals surface area contributed by atoms with Crippen LogP contribution in [0.15, 0.2) is 36.4 Å². The average Bonchev–Trinajstić information content (AvgIpc) is 3.12. The molecule has 0 bridgehead atoms. The summed E-state index contributed by atoms with van der Waals surface area (Å²) in [6.07, 6.45) is 0. The zero-order valence-electron chi connectivity index (χ0n) is 14.7. The van der Waals surface area contributed by atoms with Crippen LogP contribution in [0, 0.1) is 0 Å². The number of amides is 1. The summed E-state index contributed by atoms with van der Waals surface area (Å²) in [6, 6.07) is 9.26. The molecule has 1 aliphatic rings. The molecule has 1 aliphatic heterocycles. The Morgan fingerprint density at radius 2 is 1.74 bits per heavy atom. The van der Waals surface area contributed by atoms with Gasteiger partial charge in [-0.25, -0.2) is 4.79 Å². The van der Waals surface area contributed by atoms with E-state index in [1.807, 2.05) is 0 Å². The van der Waals surface area contributed by atoms with Gasteiger partial charge >= 0.3 is 5.97 Å². The van der Waals surface area contributed by atoms with E-state index >= 15 is 0 Å². The first-order chi connectivity index (χ1) is 13.0. The normalized spacial score (nSPS) is 11.6. The molecular formula is C19H17NO7. The molecule has 2 aromatic rings. The number of methoxy groups -OCH3 is 1. The van der Waals surface area contributed by atoms with Crippen molar-refractivity contribution in [1.82, 2.24) is 0 Å². The molecule has 1 N–H and O–H groups in total. The molecule has 8 heteroatoms. The molecule has 3 rings (SSSR count). The van der Waals surface area contributed by atoms with E-state index in [0.717, 1.165) is 0 Å². The summed E-state index contributed by atoms with van der Waals surface area (Å²) >= 11 is 0. The van der Waals surface area contributed by atoms with E-state index < -0.39 is 11.9 Å². The van der Waals surface area contributed by atoms with Gasteiger partial charge in [-0.05, 0) is 37.3 Å². The van der Waals surface area contributed by atoms with Crippen LogP contribution >= 0.6 is 0 Å². The van der Waals surface area contributed by atoms with E-state index in [-0.39, 0.29) is 19.2 Å². The molecule has 0 fully saturated rings. The molecule has 0 radical (unpaired) electrons. The van der Waals surface area contributed by atoms with Crippen molar-refractivity contribution in [2.24, 2.45) is 0 Å². The van der Waals surface area contributed by atoms with Crippen molar-refractivity contribution in [3.63, 3.8) is 0 Å². The second-order valence-electron chi connectivity index (χ2n) is 5.66. The van der Waals surface area contributed by atoms with Crippen LogP contribution in [0.1, 0.15) is 27.6 Å². The highest BCUT2D eigenvalue weighted by Crippen LogP contribution is 2.37. The number of hydrogen-bond acceptors (Lipinski definition) is 7. The van der Waals surface area contributed by atoms with E-state index in [9.17, 15) is 14.4 Å². The Balaban J connectivity index is 1.64. The van der Waals surface area contributed by atoms with Crippen molar-refractivity contribution in [2.45, 2.75) is 6.92 Å². The van der Waals surface area contributed by atoms with E-state index in [1.54, 1.807) is 18.2 Å². The monoisotopic (exact) mass is 371 g/mol. The predicted octanol–water partition coefficient (Wildman–Crippen LogP) is 2.42. The first-order valence-corrected chi connectivity index (χ1v) is 8.03. The number of carbonyl (C=O) groups excluding carboxylic acids is 3. The maximum atomic E-state index is 12.2. The largest absolute Gasteiger partial charge is 0.484 e. The van der Waals surface area contributed by atoms with Gasteiger partial charge in [0.1, 0.15) is 5.75 Å². The maximum Gasteiger partial charge on any atom is 0.337 e. The maximum absolute atomic E-state index is 12.2. The lowest BCUT2D eigenvalue weighted by Crippen LogP contribution is -2.21. The number of Topliss-reactive ketones (excluding diaryl/α,β-unsaturated/α-hetero) is 1. The van der Waals surface area contributed by atoms with Gasteiger partial charge in [0.05, 0.1) is 18.4 Å². The Morgan fingerprint density at radius 3 is 2.37 bits per heavy atom. The van der Waals surface area contributed by atoms with Gasteiger partial charge in [-0.1, -0.05) is 0 Å². The molecule has 2 aromatic carbocycles. The number of carbonyl (C=O) groups is 3. The second kappa shape index (κ2) is 7.77. The van der Waals surface area contributed by atoms with Crippen LogP contribution in [0.2, 0.25) is 0 Å². The van der Waals surface area contributed by atoms with Crippen molar-refractivity contribution in [3.8, 4) is 17.2 Å². The highest BCUT2D eigenvalue weighted by Gasteiger charge is 2.20. The lowest BCUT2D eigenvalue weighted by molar-refractivity contribution is -0.118. The molecule has 27 heavy (non-hydrogen) atoms. The van der Waals surface area contributed by atoms with Gasteiger partial charge in [0.25, 0.3) is 5.91 Å². The fourth-order valence-corrected chi connectivity index (χ4v) is 2.48. The zero-order valence-corrected chi connectivity index (χ0v) is 14.7. The van der Waals surface area contributed by atoms with Crippen molar-refractivity contribution in [1.29, 1.82) is 0 Å². The van der Waals surface area contributed by atoms with Crippen molar-refractivity contribution in [2.75, 3.05) is 25.8 Å². The van der Waals surface area contributed by atoms with E-state index in [2.05, 4.69) is 10.1 Å². The smallest absolute Gasteiger partial charge is 0.337 e. The van der Waals surface area contributed by atoms with Crippen LogP contribution in [0.25, 0.3) is 0 Å². The topological polar surface area (TPSA) is 100 Å². The third-order valence-electron chi connectivity index (χ3n) is 3.81. The zero-order chi connectivity index (χ0) is 19.4. The molecule has 0 saturated carbocycles. The third kappa shape index (κ3) is 4.17. The summed E-state index contributed by atoms with van der Waals surface area (Å²) in [5.74, 6) is 0.195. The van der Waals surface area contributed by atoms with Crippen LogP contribution < -0.4 is 19.5 Å². The fourth-order valence-electron chi connectivity index (χ4n) is 2.48. The minimum atomic E-state index is -0.459. The lowest BCUT2D eigenvalue weighted by Gasteiger charge is -2.11. The molecule has 0 spiro atoms. The summed E-state index contributed by atoms with van der Waals surface area (Å²) in [7, 11) is 1.29. The van der Waals surface area contributed by atoms with Gasteiger partial charge in [0.2, 0.25) is 6.79 Å². The lowest BCUT2D eigenvalue weighted by atomic mass is 10.1. The molecule has 8 nitrogen and oxygen atoms in total. The Kier molecular flexibility index (Phi) is 5.25. The minimum Gasteiger partial charge on any atom is -0.484 e. The summed E-state index contributed by atoms with van der Waals surface area (Å²) < 4.78 is 20.5. The molecular weight excluding hydrogens is 354 g/mol. The molecule has 0 atom stereocenters. The highest BCUT2D eigenvalue weighted by atomic mass is 16.7. The Labute approximate surface area is 155 Å². The number of hydrogen-bond donors (Lipinski definition) is 1. The van der Waals surface area contributed by atoms with Crippen molar-refractivity contribution in [3.05, 3.63) is 47.5 Å². The highest BCUT2D eigenvalue weighted by molar-refractivity contribution is 6.04. The quantitative estimate of drug-likeness (QED) is 0.615. The second-order valence-corrected chi connectivity index (χ2v) is 5.66. The number of ether oxygens (including phenoxy) is 4. The molecule has 0 aliphatic carbocycles. The summed E-state index contributed by atoms with van der Waals surface area (Å²) in [4.78, 5) is 35.4. The number of benzene rings is 2. The average molecular weight is 371 g/mol. The summed E-state index contributed by atoms with van der Waals surface area (Å²) in [6.45, 7) is 1.19. The number of fused-ring (bicyclic) bond motifs is 1. The van der Waals surface area contributed by atoms with E-state index in [1.165, 1.54) is 32.2 Å². The molecule has 0 saturated heterocycles. The Hall–Kier alpha value is -3.55. The SMILES string of the molecule is COC(=O)c1ccc(OCC(=O)Nc2cc3c(cc2C(C)=O)OCO3)cc1. The minimum absolute atomic E-state index is 0.0642. The molecule has 140 valence electrons. The van der Waals surface area contributed by atoms with Gasteiger partial charge in [-0.2, -0.15) is 0 Å². The Morgan fingerprint density at radius 1 is 1.07 bits per heavy atom. The van der Waals surface area contributed by atoms with Crippen LogP contribution in [0.3, 0.4) is 0 Å². The first kappa shape index (κ1) is 18.2. The fraction of sp³-hybridized carbons (Fsp3) is 0.211. The number of nitrogens with one attached hydrogen (secondary N) is 1. The standard InChI is InChI=1S/C19H17NO7/c1-11(21)14-7-16-17(27-10-26-16)8-15(14)20-18(22)9-25-13-5-3-12(4-6-13)19(23)24-2/h3-8H,9-10H2,1-2H3,(H,20,22). The van der Waals surface area contributed by atoms with Crippen molar-refractivity contribution >= 4 is 23.3 Å². The van der Waals surface area contributed by atoms with Gasteiger partial charge in [-0.3, -0.25) is 9.59 Å². The predicted molar refractivity (Wildman–Crippen MR) is 94.5 cm³/mol. The number of anilines is 1. The summed E-state index contributed by atoms with van der Waals surface area (Å²) in [5, 5.41) is 2.64.